The molecule has 0 unspecified atom stereocenters. The number of aryl methyl sites for hydroxylation is 3. The van der Waals surface area contributed by atoms with Crippen LogP contribution in [0.3, 0.4) is 0 Å². The predicted octanol–water partition coefficient (Wildman–Crippen LogP) is 4.14. The average Bonchev–Trinajstić information content (AvgIpc) is 3.32. The Morgan fingerprint density at radius 3 is 2.35 bits per heavy atom. The minimum atomic E-state index is -4.02. The summed E-state index contributed by atoms with van der Waals surface area (Å²) in [6, 6.07) is 12.6. The Labute approximate surface area is 229 Å². The number of nitrogens with one attached hydrogen (secondary N) is 1. The molecule has 1 fully saturated rings. The lowest BCUT2D eigenvalue weighted by Gasteiger charge is -2.38. The lowest BCUT2D eigenvalue weighted by Crippen LogP contribution is -2.56. The summed E-state index contributed by atoms with van der Waals surface area (Å²) in [4.78, 5) is 23.0. The van der Waals surface area contributed by atoms with Crippen LogP contribution in [0.25, 0.3) is 11.3 Å². The van der Waals surface area contributed by atoms with Crippen molar-refractivity contribution in [3.63, 3.8) is 0 Å². The van der Waals surface area contributed by atoms with Gasteiger partial charge in [0.15, 0.2) is 0 Å². The molecule has 1 saturated heterocycles. The highest BCUT2D eigenvalue weighted by atomic mass is 32.2. The summed E-state index contributed by atoms with van der Waals surface area (Å²) in [5.74, 6) is -0.343. The summed E-state index contributed by atoms with van der Waals surface area (Å²) in [6.07, 6.45) is -0.440. The van der Waals surface area contributed by atoms with Crippen molar-refractivity contribution in [1.82, 2.24) is 24.6 Å². The third-order valence-corrected chi connectivity index (χ3v) is 7.77. The fourth-order valence-electron chi connectivity index (χ4n) is 4.40. The Morgan fingerprint density at radius 2 is 1.75 bits per heavy atom. The van der Waals surface area contributed by atoms with E-state index >= 15 is 0 Å². The van der Waals surface area contributed by atoms with Crippen molar-refractivity contribution in [3.05, 3.63) is 83.2 Å². The molecule has 5 rings (SSSR count). The van der Waals surface area contributed by atoms with Crippen LogP contribution in [0.4, 0.5) is 14.7 Å². The number of alkyl halides is 2. The number of amides is 1. The zero-order chi connectivity index (χ0) is 28.6. The Balaban J connectivity index is 1.37. The minimum absolute atomic E-state index is 0.0479. The van der Waals surface area contributed by atoms with Crippen LogP contribution < -0.4 is 9.46 Å². The van der Waals surface area contributed by atoms with Crippen molar-refractivity contribution in [2.24, 2.45) is 7.05 Å². The van der Waals surface area contributed by atoms with E-state index in [2.05, 4.69) is 19.8 Å². The second-order valence-electron chi connectivity index (χ2n) is 9.51. The Hall–Kier alpha value is -4.39. The Bertz CT molecular complexity index is 1650. The summed E-state index contributed by atoms with van der Waals surface area (Å²) >= 11 is 0. The number of halogens is 2. The van der Waals surface area contributed by atoms with Gasteiger partial charge in [-0.3, -0.25) is 9.48 Å². The number of carbonyl (C=O) groups is 1. The molecule has 0 spiro atoms. The molecule has 40 heavy (non-hydrogen) atoms. The van der Waals surface area contributed by atoms with Crippen LogP contribution >= 0.6 is 0 Å². The molecule has 0 saturated carbocycles. The molecule has 0 atom stereocenters. The van der Waals surface area contributed by atoms with Crippen molar-refractivity contribution in [3.8, 4) is 17.1 Å². The number of likely N-dealkylation sites (tertiary alicyclic amines) is 1. The molecule has 1 aliphatic heterocycles. The highest BCUT2D eigenvalue weighted by molar-refractivity contribution is 7.92. The van der Waals surface area contributed by atoms with Gasteiger partial charge in [-0.25, -0.2) is 26.9 Å². The number of rotatable bonds is 8. The number of sulfonamides is 1. The van der Waals surface area contributed by atoms with Gasteiger partial charge in [0, 0.05) is 36.0 Å². The lowest BCUT2D eigenvalue weighted by atomic mass is 10.00. The van der Waals surface area contributed by atoms with Gasteiger partial charge in [0.2, 0.25) is 11.8 Å². The molecule has 0 radical (unpaired) electrons. The van der Waals surface area contributed by atoms with Gasteiger partial charge in [0.05, 0.1) is 25.0 Å². The first-order chi connectivity index (χ1) is 19.0. The SMILES string of the molecule is Cc1cccc(C)c1-c1cc(OC2CN(C(=O)c3ccc(C(F)F)cc3)C2)nc(NS(=O)(=O)c2cnn(C)c2)n1. The largest absolute Gasteiger partial charge is 0.470 e. The first kappa shape index (κ1) is 27.2. The topological polar surface area (TPSA) is 119 Å². The van der Waals surface area contributed by atoms with E-state index in [-0.39, 0.29) is 41.3 Å². The monoisotopic (exact) mass is 568 g/mol. The normalized spacial score (nSPS) is 13.8. The van der Waals surface area contributed by atoms with E-state index in [0.29, 0.717) is 11.3 Å². The summed E-state index contributed by atoms with van der Waals surface area (Å²) in [5.41, 5.74) is 3.30. The predicted molar refractivity (Wildman–Crippen MR) is 143 cm³/mol. The first-order valence-electron chi connectivity index (χ1n) is 12.3. The van der Waals surface area contributed by atoms with Crippen LogP contribution in [0.5, 0.6) is 5.88 Å². The fraction of sp³-hybridized carbons (Fsp3) is 0.259. The van der Waals surface area contributed by atoms with E-state index in [9.17, 15) is 22.0 Å². The molecular formula is C27H26F2N6O4S. The molecule has 10 nitrogen and oxygen atoms in total. The van der Waals surface area contributed by atoms with Gasteiger partial charge in [-0.1, -0.05) is 30.3 Å². The van der Waals surface area contributed by atoms with E-state index in [1.54, 1.807) is 13.1 Å². The van der Waals surface area contributed by atoms with E-state index in [0.717, 1.165) is 16.7 Å². The summed E-state index contributed by atoms with van der Waals surface area (Å²) in [7, 11) is -2.42. The molecule has 2 aromatic carbocycles. The van der Waals surface area contributed by atoms with Gasteiger partial charge in [-0.15, -0.1) is 0 Å². The standard InChI is InChI=1S/C27H26F2N6O4S/c1-16-5-4-6-17(2)24(16)22-11-23(32-27(31-22)33-40(37,38)21-12-30-34(3)15-21)39-20-13-35(14-20)26(36)19-9-7-18(8-10-19)25(28)29/h4-12,15,20,25H,13-14H2,1-3H3,(H,31,32,33). The molecule has 208 valence electrons. The number of hydrogen-bond donors (Lipinski definition) is 1. The van der Waals surface area contributed by atoms with Crippen molar-refractivity contribution in [1.29, 1.82) is 0 Å². The van der Waals surface area contributed by atoms with E-state index in [1.807, 2.05) is 32.0 Å². The molecule has 1 N–H and O–H groups in total. The first-order valence-corrected chi connectivity index (χ1v) is 13.8. The fourth-order valence-corrected chi connectivity index (χ4v) is 5.32. The quantitative estimate of drug-likeness (QED) is 0.339. The van der Waals surface area contributed by atoms with Gasteiger partial charge in [0.1, 0.15) is 11.0 Å². The summed E-state index contributed by atoms with van der Waals surface area (Å²) in [6.45, 7) is 4.34. The number of aromatic nitrogens is 4. The van der Waals surface area contributed by atoms with Crippen LogP contribution in [-0.4, -0.2) is 58.2 Å². The van der Waals surface area contributed by atoms with E-state index in [1.165, 1.54) is 46.2 Å². The van der Waals surface area contributed by atoms with Gasteiger partial charge in [-0.2, -0.15) is 10.1 Å². The Kier molecular flexibility index (Phi) is 7.23. The summed E-state index contributed by atoms with van der Waals surface area (Å²) in [5, 5.41) is 3.91. The van der Waals surface area contributed by atoms with Gasteiger partial charge < -0.3 is 9.64 Å². The highest BCUT2D eigenvalue weighted by Crippen LogP contribution is 2.30. The third-order valence-electron chi connectivity index (χ3n) is 6.49. The third kappa shape index (κ3) is 5.64. The van der Waals surface area contributed by atoms with Crippen LogP contribution in [0.2, 0.25) is 0 Å². The van der Waals surface area contributed by atoms with E-state index in [4.69, 9.17) is 4.74 Å². The maximum absolute atomic E-state index is 12.9. The molecular weight excluding hydrogens is 542 g/mol. The molecule has 1 amide bonds. The number of carbonyl (C=O) groups excluding carboxylic acids is 1. The van der Waals surface area contributed by atoms with Crippen LogP contribution in [0.1, 0.15) is 33.5 Å². The van der Waals surface area contributed by atoms with Crippen molar-refractivity contribution in [2.75, 3.05) is 17.8 Å². The van der Waals surface area contributed by atoms with Crippen LogP contribution in [0, 0.1) is 13.8 Å². The zero-order valence-corrected chi connectivity index (χ0v) is 22.7. The van der Waals surface area contributed by atoms with Gasteiger partial charge in [-0.05, 0) is 37.1 Å². The number of nitrogens with zero attached hydrogens (tertiary/aromatic N) is 5. The summed E-state index contributed by atoms with van der Waals surface area (Å²) < 4.78 is 61.3. The van der Waals surface area contributed by atoms with Gasteiger partial charge >= 0.3 is 0 Å². The maximum Gasteiger partial charge on any atom is 0.267 e. The average molecular weight is 569 g/mol. The number of hydrogen-bond acceptors (Lipinski definition) is 7. The lowest BCUT2D eigenvalue weighted by molar-refractivity contribution is 0.0160. The molecule has 4 aromatic rings. The Morgan fingerprint density at radius 1 is 1.07 bits per heavy atom. The molecule has 0 aliphatic carbocycles. The molecule has 13 heteroatoms. The smallest absolute Gasteiger partial charge is 0.267 e. The molecule has 2 aromatic heterocycles. The molecule has 1 aliphatic rings. The minimum Gasteiger partial charge on any atom is -0.470 e. The van der Waals surface area contributed by atoms with Crippen molar-refractivity contribution >= 4 is 21.9 Å². The number of anilines is 1. The van der Waals surface area contributed by atoms with Crippen molar-refractivity contribution in [2.45, 2.75) is 31.3 Å². The van der Waals surface area contributed by atoms with Crippen molar-refractivity contribution < 1.29 is 26.7 Å². The second kappa shape index (κ2) is 10.6. The van der Waals surface area contributed by atoms with Gasteiger partial charge in [0.25, 0.3) is 22.4 Å². The maximum atomic E-state index is 12.9. The number of benzene rings is 2. The molecule has 0 bridgehead atoms. The number of ether oxygens (including phenoxy) is 1. The van der Waals surface area contributed by atoms with Crippen LogP contribution in [-0.2, 0) is 17.1 Å². The second-order valence-corrected chi connectivity index (χ2v) is 11.2. The van der Waals surface area contributed by atoms with Crippen LogP contribution in [0.15, 0.2) is 65.8 Å². The highest BCUT2D eigenvalue weighted by Gasteiger charge is 2.33. The van der Waals surface area contributed by atoms with E-state index < -0.39 is 22.6 Å². The zero-order valence-electron chi connectivity index (χ0n) is 21.9. The molecule has 3 heterocycles.